The monoisotopic (exact) mass is 339 g/mol. The first-order valence-corrected chi connectivity index (χ1v) is 8.02. The van der Waals surface area contributed by atoms with Crippen molar-refractivity contribution in [3.8, 4) is 5.75 Å². The number of hydrogen-bond acceptors (Lipinski definition) is 4. The normalized spacial score (nSPS) is 10.5. The van der Waals surface area contributed by atoms with E-state index in [0.717, 1.165) is 23.3 Å². The highest BCUT2D eigenvalue weighted by atomic mass is 16.5. The minimum Gasteiger partial charge on any atom is -0.494 e. The zero-order valence-electron chi connectivity index (χ0n) is 14.3. The molecular weight excluding hydrogens is 318 g/mol. The number of nitrogens with zero attached hydrogens (tertiary/aromatic N) is 1. The second-order valence-corrected chi connectivity index (χ2v) is 5.44. The zero-order chi connectivity index (χ0) is 18.1. The van der Waals surface area contributed by atoms with Crippen LogP contribution in [0.25, 0.3) is 0 Å². The van der Waals surface area contributed by atoms with Crippen molar-refractivity contribution in [1.29, 1.82) is 0 Å². The molecule has 0 fully saturated rings. The van der Waals surface area contributed by atoms with Crippen LogP contribution in [0.1, 0.15) is 24.5 Å². The number of ether oxygens (including phenoxy) is 1. The summed E-state index contributed by atoms with van der Waals surface area (Å²) in [5, 5.41) is 6.29. The smallest absolute Gasteiger partial charge is 0.329 e. The van der Waals surface area contributed by atoms with Gasteiger partial charge in [-0.2, -0.15) is 5.10 Å². The van der Waals surface area contributed by atoms with Crippen LogP contribution >= 0.6 is 0 Å². The van der Waals surface area contributed by atoms with Gasteiger partial charge in [0, 0.05) is 5.69 Å². The van der Waals surface area contributed by atoms with Crippen LogP contribution in [-0.4, -0.2) is 24.6 Å². The fraction of sp³-hybridized carbons (Fsp3) is 0.211. The first-order chi connectivity index (χ1) is 12.1. The summed E-state index contributed by atoms with van der Waals surface area (Å²) in [4.78, 5) is 23.5. The van der Waals surface area contributed by atoms with Crippen molar-refractivity contribution in [3.05, 3.63) is 59.7 Å². The maximum absolute atomic E-state index is 11.8. The molecule has 2 aromatic carbocycles. The summed E-state index contributed by atoms with van der Waals surface area (Å²) in [6, 6.07) is 14.4. The lowest BCUT2D eigenvalue weighted by molar-refractivity contribution is -0.136. The number of carbonyl (C=O) groups is 2. The van der Waals surface area contributed by atoms with Crippen molar-refractivity contribution >= 4 is 23.7 Å². The molecule has 2 amide bonds. The SMILES string of the molecule is CCCOc1ccc(/C=N\NC(=O)C(=O)Nc2ccc(C)cc2)cc1. The zero-order valence-corrected chi connectivity index (χ0v) is 14.3. The Labute approximate surface area is 146 Å². The van der Waals surface area contributed by atoms with Gasteiger partial charge in [-0.3, -0.25) is 9.59 Å². The van der Waals surface area contributed by atoms with Crippen molar-refractivity contribution < 1.29 is 14.3 Å². The number of anilines is 1. The maximum Gasteiger partial charge on any atom is 0.329 e. The number of hydrogen-bond donors (Lipinski definition) is 2. The highest BCUT2D eigenvalue weighted by Gasteiger charge is 2.12. The van der Waals surface area contributed by atoms with E-state index in [0.29, 0.717) is 12.3 Å². The van der Waals surface area contributed by atoms with Crippen molar-refractivity contribution in [2.45, 2.75) is 20.3 Å². The summed E-state index contributed by atoms with van der Waals surface area (Å²) in [5.74, 6) is -0.829. The lowest BCUT2D eigenvalue weighted by Gasteiger charge is -2.04. The van der Waals surface area contributed by atoms with Crippen LogP contribution in [0.15, 0.2) is 53.6 Å². The van der Waals surface area contributed by atoms with Gasteiger partial charge in [0.2, 0.25) is 0 Å². The third-order valence-electron chi connectivity index (χ3n) is 3.25. The molecule has 0 atom stereocenters. The molecule has 0 saturated heterocycles. The van der Waals surface area contributed by atoms with E-state index in [1.165, 1.54) is 6.21 Å². The minimum atomic E-state index is -0.834. The van der Waals surface area contributed by atoms with Crippen LogP contribution in [0.4, 0.5) is 5.69 Å². The van der Waals surface area contributed by atoms with E-state index in [-0.39, 0.29) is 0 Å². The van der Waals surface area contributed by atoms with E-state index < -0.39 is 11.8 Å². The van der Waals surface area contributed by atoms with Gasteiger partial charge in [0.25, 0.3) is 0 Å². The van der Waals surface area contributed by atoms with Crippen molar-refractivity contribution in [1.82, 2.24) is 5.43 Å². The molecule has 2 aromatic rings. The summed E-state index contributed by atoms with van der Waals surface area (Å²) >= 11 is 0. The Bertz CT molecular complexity index is 738. The van der Waals surface area contributed by atoms with Crippen LogP contribution in [0, 0.1) is 6.92 Å². The Morgan fingerprint density at radius 3 is 2.36 bits per heavy atom. The molecule has 2 rings (SSSR count). The van der Waals surface area contributed by atoms with Gasteiger partial charge in [-0.1, -0.05) is 24.6 Å². The van der Waals surface area contributed by atoms with Gasteiger partial charge in [0.1, 0.15) is 5.75 Å². The molecular formula is C19H21N3O3. The fourth-order valence-corrected chi connectivity index (χ4v) is 1.91. The average Bonchev–Trinajstić information content (AvgIpc) is 2.62. The number of carbonyl (C=O) groups excluding carboxylic acids is 2. The Balaban J connectivity index is 1.82. The number of rotatable bonds is 6. The van der Waals surface area contributed by atoms with Crippen LogP contribution in [-0.2, 0) is 9.59 Å². The molecule has 25 heavy (non-hydrogen) atoms. The van der Waals surface area contributed by atoms with E-state index in [1.54, 1.807) is 12.1 Å². The Hall–Kier alpha value is -3.15. The second kappa shape index (κ2) is 9.22. The molecule has 6 heteroatoms. The highest BCUT2D eigenvalue weighted by molar-refractivity contribution is 6.39. The van der Waals surface area contributed by atoms with Gasteiger partial charge in [-0.05, 0) is 55.3 Å². The summed E-state index contributed by atoms with van der Waals surface area (Å²) in [6.07, 6.45) is 2.40. The Morgan fingerprint density at radius 2 is 1.72 bits per heavy atom. The number of hydrazone groups is 1. The maximum atomic E-state index is 11.8. The predicted octanol–water partition coefficient (Wildman–Crippen LogP) is 2.87. The standard InChI is InChI=1S/C19H21N3O3/c1-3-12-25-17-10-6-15(7-11-17)13-20-22-19(24)18(23)21-16-8-4-14(2)5-9-16/h4-11,13H,3,12H2,1-2H3,(H,21,23)(H,22,24)/b20-13-. The van der Waals surface area contributed by atoms with Crippen LogP contribution < -0.4 is 15.5 Å². The second-order valence-electron chi connectivity index (χ2n) is 5.44. The summed E-state index contributed by atoms with van der Waals surface area (Å²) < 4.78 is 5.48. The summed E-state index contributed by atoms with van der Waals surface area (Å²) in [7, 11) is 0. The molecule has 2 N–H and O–H groups in total. The molecule has 130 valence electrons. The Morgan fingerprint density at radius 1 is 1.04 bits per heavy atom. The third-order valence-corrected chi connectivity index (χ3v) is 3.25. The summed E-state index contributed by atoms with van der Waals surface area (Å²) in [6.45, 7) is 4.65. The molecule has 0 aromatic heterocycles. The van der Waals surface area contributed by atoms with Gasteiger partial charge in [-0.15, -0.1) is 0 Å². The minimum absolute atomic E-state index is 0.553. The number of amides is 2. The van der Waals surface area contributed by atoms with Crippen LogP contribution in [0.5, 0.6) is 5.75 Å². The average molecular weight is 339 g/mol. The number of benzene rings is 2. The topological polar surface area (TPSA) is 79.8 Å². The van der Waals surface area contributed by atoms with Gasteiger partial charge in [0.15, 0.2) is 0 Å². The van der Waals surface area contributed by atoms with Crippen molar-refractivity contribution in [2.24, 2.45) is 5.10 Å². The highest BCUT2D eigenvalue weighted by Crippen LogP contribution is 2.11. The lowest BCUT2D eigenvalue weighted by atomic mass is 10.2. The van der Waals surface area contributed by atoms with E-state index >= 15 is 0 Å². The quantitative estimate of drug-likeness (QED) is 0.482. The van der Waals surface area contributed by atoms with Crippen molar-refractivity contribution in [3.63, 3.8) is 0 Å². The van der Waals surface area contributed by atoms with E-state index in [1.807, 2.05) is 50.2 Å². The van der Waals surface area contributed by atoms with E-state index in [4.69, 9.17) is 4.74 Å². The molecule has 0 unspecified atom stereocenters. The van der Waals surface area contributed by atoms with Crippen LogP contribution in [0.2, 0.25) is 0 Å². The molecule has 0 heterocycles. The summed E-state index contributed by atoms with van der Waals surface area (Å²) in [5.41, 5.74) is 4.60. The van der Waals surface area contributed by atoms with Crippen LogP contribution in [0.3, 0.4) is 0 Å². The molecule has 6 nitrogen and oxygen atoms in total. The van der Waals surface area contributed by atoms with Gasteiger partial charge in [0.05, 0.1) is 12.8 Å². The van der Waals surface area contributed by atoms with Crippen molar-refractivity contribution in [2.75, 3.05) is 11.9 Å². The van der Waals surface area contributed by atoms with E-state index in [2.05, 4.69) is 15.8 Å². The lowest BCUT2D eigenvalue weighted by Crippen LogP contribution is -2.32. The molecule has 0 radical (unpaired) electrons. The molecule has 0 saturated carbocycles. The molecule has 0 bridgehead atoms. The predicted molar refractivity (Wildman–Crippen MR) is 97.8 cm³/mol. The number of aryl methyl sites for hydroxylation is 1. The van der Waals surface area contributed by atoms with Gasteiger partial charge in [-0.25, -0.2) is 5.43 Å². The van der Waals surface area contributed by atoms with E-state index in [9.17, 15) is 9.59 Å². The molecule has 0 aliphatic carbocycles. The Kier molecular flexibility index (Phi) is 6.71. The first kappa shape index (κ1) is 18.2. The van der Waals surface area contributed by atoms with Gasteiger partial charge < -0.3 is 10.1 Å². The fourth-order valence-electron chi connectivity index (χ4n) is 1.91. The first-order valence-electron chi connectivity index (χ1n) is 8.02. The number of nitrogens with one attached hydrogen (secondary N) is 2. The third kappa shape index (κ3) is 6.10. The molecule has 0 aliphatic rings. The largest absolute Gasteiger partial charge is 0.494 e. The molecule has 0 aliphatic heterocycles. The molecule has 0 spiro atoms. The van der Waals surface area contributed by atoms with Gasteiger partial charge >= 0.3 is 11.8 Å².